The third-order valence-corrected chi connectivity index (χ3v) is 3.83. The lowest BCUT2D eigenvalue weighted by molar-refractivity contribution is 0.670. The summed E-state index contributed by atoms with van der Waals surface area (Å²) in [5, 5.41) is 7.69. The first-order chi connectivity index (χ1) is 10.9. The Labute approximate surface area is 128 Å². The molecular weight excluding hydrogens is 276 g/mol. The van der Waals surface area contributed by atoms with E-state index in [2.05, 4.69) is 37.2 Å². The fourth-order valence-corrected chi connectivity index (χ4v) is 2.54. The second-order valence-corrected chi connectivity index (χ2v) is 5.58. The van der Waals surface area contributed by atoms with Gasteiger partial charge in [0.1, 0.15) is 0 Å². The van der Waals surface area contributed by atoms with Crippen molar-refractivity contribution in [3.8, 4) is 5.82 Å². The Balaban J connectivity index is 1.41. The van der Waals surface area contributed by atoms with E-state index < -0.39 is 0 Å². The van der Waals surface area contributed by atoms with Crippen LogP contribution in [0.2, 0.25) is 0 Å². The van der Waals surface area contributed by atoms with Crippen LogP contribution in [-0.4, -0.2) is 24.3 Å². The quantitative estimate of drug-likeness (QED) is 0.756. The van der Waals surface area contributed by atoms with E-state index in [9.17, 15) is 0 Å². The van der Waals surface area contributed by atoms with E-state index in [1.54, 1.807) is 17.1 Å². The number of rotatable bonds is 6. The Hall–Kier alpha value is -2.47. The molecule has 0 saturated heterocycles. The van der Waals surface area contributed by atoms with Crippen LogP contribution >= 0.6 is 0 Å². The van der Waals surface area contributed by atoms with Crippen molar-refractivity contribution in [1.82, 2.24) is 29.6 Å². The minimum absolute atomic E-state index is 0.686. The first-order valence-corrected chi connectivity index (χ1v) is 7.57. The molecular formula is C16H18N6. The van der Waals surface area contributed by atoms with Gasteiger partial charge in [0.25, 0.3) is 0 Å². The number of imidazole rings is 1. The number of aromatic nitrogens is 5. The molecule has 1 aliphatic carbocycles. The number of hydrogen-bond donors (Lipinski definition) is 1. The molecule has 6 nitrogen and oxygen atoms in total. The molecule has 4 rings (SSSR count). The average molecular weight is 294 g/mol. The zero-order valence-electron chi connectivity index (χ0n) is 12.3. The molecule has 22 heavy (non-hydrogen) atoms. The Kier molecular flexibility index (Phi) is 3.44. The third-order valence-electron chi connectivity index (χ3n) is 3.83. The second kappa shape index (κ2) is 5.73. The highest BCUT2D eigenvalue weighted by molar-refractivity contribution is 5.32. The van der Waals surface area contributed by atoms with Crippen LogP contribution < -0.4 is 5.32 Å². The summed E-state index contributed by atoms with van der Waals surface area (Å²) in [4.78, 5) is 8.87. The molecule has 3 heterocycles. The van der Waals surface area contributed by atoms with E-state index in [-0.39, 0.29) is 0 Å². The fraction of sp³-hybridized carbons (Fsp3) is 0.312. The van der Waals surface area contributed by atoms with Crippen molar-refractivity contribution in [1.29, 1.82) is 0 Å². The SMILES string of the molecule is c1cnc(-n2cccn2)c(CNCc2cn(C3CC3)cn2)c1. The van der Waals surface area contributed by atoms with E-state index in [0.717, 1.165) is 30.2 Å². The summed E-state index contributed by atoms with van der Waals surface area (Å²) in [6.45, 7) is 1.49. The largest absolute Gasteiger partial charge is 0.334 e. The van der Waals surface area contributed by atoms with Gasteiger partial charge in [0.2, 0.25) is 0 Å². The molecule has 0 bridgehead atoms. The first-order valence-electron chi connectivity index (χ1n) is 7.57. The highest BCUT2D eigenvalue weighted by Gasteiger charge is 2.23. The van der Waals surface area contributed by atoms with Crippen LogP contribution in [0.25, 0.3) is 5.82 Å². The first kappa shape index (κ1) is 13.2. The monoisotopic (exact) mass is 294 g/mol. The maximum Gasteiger partial charge on any atom is 0.157 e. The van der Waals surface area contributed by atoms with Gasteiger partial charge in [-0.05, 0) is 25.0 Å². The Morgan fingerprint density at radius 3 is 2.91 bits per heavy atom. The molecule has 1 saturated carbocycles. The van der Waals surface area contributed by atoms with Gasteiger partial charge in [-0.25, -0.2) is 14.6 Å². The van der Waals surface area contributed by atoms with Crippen LogP contribution in [-0.2, 0) is 13.1 Å². The van der Waals surface area contributed by atoms with Crippen molar-refractivity contribution in [2.45, 2.75) is 32.0 Å². The molecule has 6 heteroatoms. The summed E-state index contributed by atoms with van der Waals surface area (Å²) in [5.74, 6) is 0.864. The molecule has 0 unspecified atom stereocenters. The van der Waals surface area contributed by atoms with Gasteiger partial charge < -0.3 is 9.88 Å². The van der Waals surface area contributed by atoms with Gasteiger partial charge in [-0.2, -0.15) is 5.10 Å². The summed E-state index contributed by atoms with van der Waals surface area (Å²) in [7, 11) is 0. The maximum absolute atomic E-state index is 4.45. The molecule has 0 aromatic carbocycles. The standard InChI is InChI=1S/C16H18N6/c1-3-13(16(18-6-1)22-8-2-7-20-22)9-17-10-14-11-21(12-19-14)15-4-5-15/h1-3,6-8,11-12,15,17H,4-5,9-10H2. The lowest BCUT2D eigenvalue weighted by Gasteiger charge is -2.08. The molecule has 1 aliphatic rings. The third kappa shape index (κ3) is 2.78. The summed E-state index contributed by atoms with van der Waals surface area (Å²) >= 11 is 0. The average Bonchev–Trinajstić information content (AvgIpc) is 3.07. The Morgan fingerprint density at radius 2 is 2.09 bits per heavy atom. The van der Waals surface area contributed by atoms with Gasteiger partial charge >= 0.3 is 0 Å². The van der Waals surface area contributed by atoms with Crippen molar-refractivity contribution >= 4 is 0 Å². The van der Waals surface area contributed by atoms with Crippen LogP contribution in [0.15, 0.2) is 49.3 Å². The topological polar surface area (TPSA) is 60.6 Å². The zero-order valence-corrected chi connectivity index (χ0v) is 12.3. The summed E-state index contributed by atoms with van der Waals surface area (Å²) < 4.78 is 4.01. The van der Waals surface area contributed by atoms with Crippen molar-refractivity contribution in [3.05, 3.63) is 60.6 Å². The number of pyridine rings is 1. The van der Waals surface area contributed by atoms with E-state index in [0.29, 0.717) is 6.04 Å². The molecule has 0 aliphatic heterocycles. The maximum atomic E-state index is 4.45. The summed E-state index contributed by atoms with van der Waals surface area (Å²) in [6, 6.07) is 6.60. The van der Waals surface area contributed by atoms with Crippen molar-refractivity contribution in [2.24, 2.45) is 0 Å². The van der Waals surface area contributed by atoms with E-state index in [1.807, 2.05) is 24.7 Å². The van der Waals surface area contributed by atoms with Crippen molar-refractivity contribution in [2.75, 3.05) is 0 Å². The predicted molar refractivity (Wildman–Crippen MR) is 82.4 cm³/mol. The van der Waals surface area contributed by atoms with Crippen molar-refractivity contribution in [3.63, 3.8) is 0 Å². The highest BCUT2D eigenvalue weighted by Crippen LogP contribution is 2.34. The van der Waals surface area contributed by atoms with E-state index >= 15 is 0 Å². The van der Waals surface area contributed by atoms with Gasteiger partial charge in [-0.3, -0.25) is 0 Å². The minimum atomic E-state index is 0.686. The molecule has 112 valence electrons. The Bertz CT molecular complexity index is 742. The smallest absolute Gasteiger partial charge is 0.157 e. The molecule has 0 amide bonds. The van der Waals surface area contributed by atoms with Crippen LogP contribution in [0.1, 0.15) is 30.1 Å². The van der Waals surface area contributed by atoms with Crippen LogP contribution in [0.3, 0.4) is 0 Å². The van der Waals surface area contributed by atoms with E-state index in [4.69, 9.17) is 0 Å². The van der Waals surface area contributed by atoms with E-state index in [1.165, 1.54) is 12.8 Å². The van der Waals surface area contributed by atoms with Gasteiger partial charge in [0.05, 0.1) is 12.0 Å². The lowest BCUT2D eigenvalue weighted by Crippen LogP contribution is -2.15. The van der Waals surface area contributed by atoms with Gasteiger partial charge in [-0.15, -0.1) is 0 Å². The molecule has 1 fully saturated rings. The number of hydrogen-bond acceptors (Lipinski definition) is 4. The summed E-state index contributed by atoms with van der Waals surface area (Å²) in [5.41, 5.74) is 2.20. The highest BCUT2D eigenvalue weighted by atomic mass is 15.3. The normalized spacial score (nSPS) is 14.4. The molecule has 1 N–H and O–H groups in total. The summed E-state index contributed by atoms with van der Waals surface area (Å²) in [6.07, 6.45) is 12.1. The molecule has 0 spiro atoms. The second-order valence-electron chi connectivity index (χ2n) is 5.58. The van der Waals surface area contributed by atoms with Crippen molar-refractivity contribution < 1.29 is 0 Å². The lowest BCUT2D eigenvalue weighted by atomic mass is 10.2. The molecule has 0 radical (unpaired) electrons. The minimum Gasteiger partial charge on any atom is -0.334 e. The zero-order chi connectivity index (χ0) is 14.8. The number of nitrogens with one attached hydrogen (secondary N) is 1. The molecule has 3 aromatic rings. The van der Waals surface area contributed by atoms with Crippen LogP contribution in [0, 0.1) is 0 Å². The van der Waals surface area contributed by atoms with Crippen LogP contribution in [0.4, 0.5) is 0 Å². The fourth-order valence-electron chi connectivity index (χ4n) is 2.54. The molecule has 3 aromatic heterocycles. The van der Waals surface area contributed by atoms with Gasteiger partial charge in [0, 0.05) is 49.5 Å². The van der Waals surface area contributed by atoms with Crippen LogP contribution in [0.5, 0.6) is 0 Å². The predicted octanol–water partition coefficient (Wildman–Crippen LogP) is 2.09. The number of nitrogens with zero attached hydrogens (tertiary/aromatic N) is 5. The van der Waals surface area contributed by atoms with Gasteiger partial charge in [-0.1, -0.05) is 6.07 Å². The van der Waals surface area contributed by atoms with Gasteiger partial charge in [0.15, 0.2) is 5.82 Å². The molecule has 0 atom stereocenters. The Morgan fingerprint density at radius 1 is 1.14 bits per heavy atom.